The number of ether oxygens (including phenoxy) is 1. The molecule has 0 aliphatic rings. The lowest BCUT2D eigenvalue weighted by molar-refractivity contribution is 0.341. The van der Waals surface area contributed by atoms with Gasteiger partial charge in [-0.15, -0.1) is 0 Å². The molecule has 0 saturated carbocycles. The van der Waals surface area contributed by atoms with Gasteiger partial charge in [-0.1, -0.05) is 6.07 Å². The minimum Gasteiger partial charge on any atom is -0.492 e. The number of hydrogen-bond donors (Lipinski definition) is 1. The molecule has 0 saturated heterocycles. The molecular formula is C16H23N3O. The number of benzene rings is 1. The number of nitrogens with one attached hydrogen (secondary N) is 1. The van der Waals surface area contributed by atoms with Crippen molar-refractivity contribution in [2.45, 2.75) is 40.3 Å². The number of rotatable bonds is 6. The number of hydrogen-bond acceptors (Lipinski definition) is 3. The van der Waals surface area contributed by atoms with Gasteiger partial charge in [0.1, 0.15) is 5.75 Å². The van der Waals surface area contributed by atoms with Crippen molar-refractivity contribution in [3.63, 3.8) is 0 Å². The Balaban J connectivity index is 2.12. The summed E-state index contributed by atoms with van der Waals surface area (Å²) in [6.07, 6.45) is 3.78. The number of nitrogens with zero attached hydrogens (tertiary/aromatic N) is 2. The van der Waals surface area contributed by atoms with E-state index >= 15 is 0 Å². The molecule has 0 bridgehead atoms. The zero-order chi connectivity index (χ0) is 14.5. The molecule has 108 valence electrons. The zero-order valence-electron chi connectivity index (χ0n) is 12.7. The second kappa shape index (κ2) is 6.46. The molecule has 0 aliphatic carbocycles. The highest BCUT2D eigenvalue weighted by Crippen LogP contribution is 2.26. The van der Waals surface area contributed by atoms with E-state index in [0.29, 0.717) is 12.6 Å². The van der Waals surface area contributed by atoms with E-state index in [1.807, 2.05) is 19.4 Å². The van der Waals surface area contributed by atoms with Crippen molar-refractivity contribution in [2.24, 2.45) is 0 Å². The Morgan fingerprint density at radius 3 is 2.85 bits per heavy atom. The summed E-state index contributed by atoms with van der Waals surface area (Å²) >= 11 is 0. The highest BCUT2D eigenvalue weighted by molar-refractivity contribution is 5.57. The first kappa shape index (κ1) is 14.4. The molecule has 0 fully saturated rings. The monoisotopic (exact) mass is 273 g/mol. The van der Waals surface area contributed by atoms with Crippen molar-refractivity contribution >= 4 is 5.69 Å². The van der Waals surface area contributed by atoms with E-state index in [9.17, 15) is 0 Å². The maximum Gasteiger partial charge on any atom is 0.142 e. The smallest absolute Gasteiger partial charge is 0.142 e. The molecule has 4 nitrogen and oxygen atoms in total. The van der Waals surface area contributed by atoms with Gasteiger partial charge >= 0.3 is 0 Å². The summed E-state index contributed by atoms with van der Waals surface area (Å²) in [7, 11) is 0. The van der Waals surface area contributed by atoms with E-state index in [1.54, 1.807) is 0 Å². The molecular weight excluding hydrogens is 250 g/mol. The molecule has 1 N–H and O–H groups in total. The first-order valence-electron chi connectivity index (χ1n) is 7.09. The summed E-state index contributed by atoms with van der Waals surface area (Å²) in [5, 5.41) is 3.44. The molecule has 0 aliphatic heterocycles. The first-order valence-corrected chi connectivity index (χ1v) is 7.09. The van der Waals surface area contributed by atoms with Crippen LogP contribution >= 0.6 is 0 Å². The van der Waals surface area contributed by atoms with E-state index in [1.165, 1.54) is 11.3 Å². The highest BCUT2D eigenvalue weighted by Gasteiger charge is 2.07. The SMILES string of the molecule is CCOc1cc(C)ccc1NCc1cncn1C(C)C. The van der Waals surface area contributed by atoms with Crippen LogP contribution < -0.4 is 10.1 Å². The summed E-state index contributed by atoms with van der Waals surface area (Å²) in [5.74, 6) is 0.906. The van der Waals surface area contributed by atoms with Crippen LogP contribution in [0, 0.1) is 6.92 Å². The van der Waals surface area contributed by atoms with Crippen LogP contribution in [0.25, 0.3) is 0 Å². The Bertz CT molecular complexity index is 561. The predicted octanol–water partition coefficient (Wildman–Crippen LogP) is 3.78. The van der Waals surface area contributed by atoms with Crippen molar-refractivity contribution in [3.05, 3.63) is 42.0 Å². The zero-order valence-corrected chi connectivity index (χ0v) is 12.7. The Kier molecular flexibility index (Phi) is 4.66. The molecule has 2 aromatic rings. The Labute approximate surface area is 120 Å². The van der Waals surface area contributed by atoms with Crippen molar-refractivity contribution in [1.82, 2.24) is 9.55 Å². The molecule has 20 heavy (non-hydrogen) atoms. The maximum atomic E-state index is 5.68. The van der Waals surface area contributed by atoms with Crippen molar-refractivity contribution in [3.8, 4) is 5.75 Å². The topological polar surface area (TPSA) is 39.1 Å². The molecule has 1 heterocycles. The predicted molar refractivity (Wildman–Crippen MR) is 82.3 cm³/mol. The van der Waals surface area contributed by atoms with Crippen molar-refractivity contribution < 1.29 is 4.74 Å². The van der Waals surface area contributed by atoms with Gasteiger partial charge in [-0.25, -0.2) is 4.98 Å². The third kappa shape index (κ3) is 3.32. The van der Waals surface area contributed by atoms with Gasteiger partial charge in [0.05, 0.1) is 30.9 Å². The molecule has 0 atom stereocenters. The van der Waals surface area contributed by atoms with Gasteiger partial charge in [-0.3, -0.25) is 0 Å². The molecule has 0 radical (unpaired) electrons. The average molecular weight is 273 g/mol. The highest BCUT2D eigenvalue weighted by atomic mass is 16.5. The summed E-state index contributed by atoms with van der Waals surface area (Å²) in [6, 6.07) is 6.63. The van der Waals surface area contributed by atoms with Gasteiger partial charge in [0.2, 0.25) is 0 Å². The van der Waals surface area contributed by atoms with Crippen molar-refractivity contribution in [2.75, 3.05) is 11.9 Å². The second-order valence-corrected chi connectivity index (χ2v) is 5.17. The first-order chi connectivity index (χ1) is 9.61. The lowest BCUT2D eigenvalue weighted by Crippen LogP contribution is -2.09. The number of aromatic nitrogens is 2. The largest absolute Gasteiger partial charge is 0.492 e. The summed E-state index contributed by atoms with van der Waals surface area (Å²) in [5.41, 5.74) is 3.39. The van der Waals surface area contributed by atoms with Gasteiger partial charge in [0, 0.05) is 12.2 Å². The Morgan fingerprint density at radius 2 is 2.15 bits per heavy atom. The van der Waals surface area contributed by atoms with Crippen LogP contribution in [0.2, 0.25) is 0 Å². The average Bonchev–Trinajstić information content (AvgIpc) is 2.87. The van der Waals surface area contributed by atoms with E-state index in [-0.39, 0.29) is 0 Å². The molecule has 2 rings (SSSR count). The third-order valence-corrected chi connectivity index (χ3v) is 3.20. The summed E-state index contributed by atoms with van der Waals surface area (Å²) < 4.78 is 7.85. The van der Waals surface area contributed by atoms with E-state index < -0.39 is 0 Å². The fourth-order valence-corrected chi connectivity index (χ4v) is 2.17. The fraction of sp³-hybridized carbons (Fsp3) is 0.438. The third-order valence-electron chi connectivity index (χ3n) is 3.20. The fourth-order valence-electron chi connectivity index (χ4n) is 2.17. The normalized spacial score (nSPS) is 10.8. The second-order valence-electron chi connectivity index (χ2n) is 5.17. The van der Waals surface area contributed by atoms with Crippen LogP contribution in [0.1, 0.15) is 38.1 Å². The lowest BCUT2D eigenvalue weighted by atomic mass is 10.2. The van der Waals surface area contributed by atoms with Gasteiger partial charge in [-0.05, 0) is 45.4 Å². The van der Waals surface area contributed by atoms with E-state index in [0.717, 1.165) is 18.0 Å². The van der Waals surface area contributed by atoms with Gasteiger partial charge in [0.15, 0.2) is 0 Å². The molecule has 1 aromatic heterocycles. The summed E-state index contributed by atoms with van der Waals surface area (Å²) in [6.45, 7) is 9.79. The van der Waals surface area contributed by atoms with E-state index in [2.05, 4.69) is 53.8 Å². The number of imidazole rings is 1. The standard InChI is InChI=1S/C16H23N3O/c1-5-20-16-8-13(4)6-7-15(16)18-10-14-9-17-11-19(14)12(2)3/h6-9,11-12,18H,5,10H2,1-4H3. The van der Waals surface area contributed by atoms with Crippen LogP contribution in [0.3, 0.4) is 0 Å². The Hall–Kier alpha value is -1.97. The van der Waals surface area contributed by atoms with Gasteiger partial charge < -0.3 is 14.6 Å². The van der Waals surface area contributed by atoms with E-state index in [4.69, 9.17) is 4.74 Å². The molecule has 0 unspecified atom stereocenters. The van der Waals surface area contributed by atoms with Crippen LogP contribution in [-0.4, -0.2) is 16.2 Å². The molecule has 1 aromatic carbocycles. The van der Waals surface area contributed by atoms with Gasteiger partial charge in [-0.2, -0.15) is 0 Å². The lowest BCUT2D eigenvalue weighted by Gasteiger charge is -2.15. The Morgan fingerprint density at radius 1 is 1.35 bits per heavy atom. The molecule has 0 amide bonds. The number of anilines is 1. The van der Waals surface area contributed by atoms with Crippen LogP contribution in [0.4, 0.5) is 5.69 Å². The van der Waals surface area contributed by atoms with Crippen LogP contribution in [0.5, 0.6) is 5.75 Å². The molecule has 4 heteroatoms. The van der Waals surface area contributed by atoms with Crippen molar-refractivity contribution in [1.29, 1.82) is 0 Å². The van der Waals surface area contributed by atoms with Crippen LogP contribution in [0.15, 0.2) is 30.7 Å². The maximum absolute atomic E-state index is 5.68. The number of aryl methyl sites for hydroxylation is 1. The quantitative estimate of drug-likeness (QED) is 0.870. The van der Waals surface area contributed by atoms with Gasteiger partial charge in [0.25, 0.3) is 0 Å². The summed E-state index contributed by atoms with van der Waals surface area (Å²) in [4.78, 5) is 4.22. The minimum atomic E-state index is 0.415. The molecule has 0 spiro atoms. The van der Waals surface area contributed by atoms with Crippen LogP contribution in [-0.2, 0) is 6.54 Å². The minimum absolute atomic E-state index is 0.415.